The summed E-state index contributed by atoms with van der Waals surface area (Å²) in [5.41, 5.74) is 9.39. The first kappa shape index (κ1) is 31.5. The van der Waals surface area contributed by atoms with Gasteiger partial charge in [-0.15, -0.1) is 0 Å². The van der Waals surface area contributed by atoms with E-state index in [1.165, 1.54) is 0 Å². The van der Waals surface area contributed by atoms with Crippen molar-refractivity contribution in [3.8, 4) is 11.5 Å². The lowest BCUT2D eigenvalue weighted by Crippen LogP contribution is -2.52. The van der Waals surface area contributed by atoms with E-state index in [2.05, 4.69) is 16.9 Å². The average molecular weight is 606 g/mol. The van der Waals surface area contributed by atoms with E-state index in [9.17, 15) is 4.79 Å². The smallest absolute Gasteiger partial charge is 0.266 e. The molecule has 1 aliphatic rings. The molecule has 1 aliphatic heterocycles. The molecule has 0 spiro atoms. The fourth-order valence-corrected chi connectivity index (χ4v) is 5.22. The highest BCUT2D eigenvalue weighted by molar-refractivity contribution is 6.01. The van der Waals surface area contributed by atoms with Crippen LogP contribution in [0.25, 0.3) is 6.08 Å². The second-order valence-corrected chi connectivity index (χ2v) is 10.9. The summed E-state index contributed by atoms with van der Waals surface area (Å²) >= 11 is 0. The number of amides is 1. The maximum Gasteiger partial charge on any atom is 0.266 e. The van der Waals surface area contributed by atoms with E-state index in [0.717, 1.165) is 22.3 Å². The number of hydrazine groups is 1. The molecule has 4 aromatic rings. The molecule has 1 amide bonds. The monoisotopic (exact) mass is 605 g/mol. The van der Waals surface area contributed by atoms with Crippen LogP contribution in [0.3, 0.4) is 0 Å². The first-order valence-corrected chi connectivity index (χ1v) is 15.1. The Balaban J connectivity index is 1.50. The number of aliphatic hydroxyl groups excluding tert-OH is 1. The van der Waals surface area contributed by atoms with Crippen molar-refractivity contribution in [2.75, 3.05) is 20.3 Å². The van der Waals surface area contributed by atoms with Gasteiger partial charge in [0.15, 0.2) is 11.6 Å². The average Bonchev–Trinajstić information content (AvgIpc) is 3.46. The van der Waals surface area contributed by atoms with Gasteiger partial charge in [0.2, 0.25) is 5.90 Å². The zero-order valence-corrected chi connectivity index (χ0v) is 25.6. The second-order valence-electron chi connectivity index (χ2n) is 10.9. The van der Waals surface area contributed by atoms with E-state index in [4.69, 9.17) is 24.3 Å². The van der Waals surface area contributed by atoms with E-state index in [0.29, 0.717) is 42.5 Å². The van der Waals surface area contributed by atoms with Gasteiger partial charge < -0.3 is 19.3 Å². The largest absolute Gasteiger partial charge is 0.497 e. The predicted octanol–water partition coefficient (Wildman–Crippen LogP) is 5.95. The van der Waals surface area contributed by atoms with Gasteiger partial charge in [0.1, 0.15) is 11.5 Å². The number of rotatable bonds is 14. The minimum Gasteiger partial charge on any atom is -0.497 e. The quantitative estimate of drug-likeness (QED) is 0.121. The molecule has 2 atom stereocenters. The molecule has 0 aliphatic carbocycles. The van der Waals surface area contributed by atoms with Gasteiger partial charge in [0.25, 0.3) is 5.91 Å². The number of hydrogen-bond donors (Lipinski definition) is 3. The molecule has 1 heterocycles. The molecule has 0 unspecified atom stereocenters. The number of hydrogen-bond acceptors (Lipinski definition) is 7. The SMILES string of the molecule is COc1cccc([C@@H]2OC(c3ccc(OCCCO)cc3)=N[C@]2(C/C=C/c2ccccc2)C(=O)NNCc2cccc(C)c2)c1. The topological polar surface area (TPSA) is 101 Å². The Morgan fingerprint density at radius 3 is 2.53 bits per heavy atom. The summed E-state index contributed by atoms with van der Waals surface area (Å²) in [6.45, 7) is 2.96. The number of carbonyl (C=O) groups excluding carboxylic acids is 1. The van der Waals surface area contributed by atoms with Crippen LogP contribution in [0, 0.1) is 6.92 Å². The standard InChI is InChI=1S/C37H39N3O5/c1-27-10-6-13-29(24-27)26-38-40-36(42)37(21-8-14-28-11-4-3-5-12-28)34(31-15-7-16-33(25-31)43-2)45-35(39-37)30-17-19-32(20-18-30)44-23-9-22-41/h3-8,10-20,24-25,34,38,41H,9,21-23,26H2,1-2H3,(H,40,42)/b14-8+/t34-,37-/m0/s1. The van der Waals surface area contributed by atoms with Crippen LogP contribution >= 0.6 is 0 Å². The highest BCUT2D eigenvalue weighted by Crippen LogP contribution is 2.43. The molecule has 8 nitrogen and oxygen atoms in total. The Morgan fingerprint density at radius 2 is 1.78 bits per heavy atom. The molecule has 4 aromatic carbocycles. The van der Waals surface area contributed by atoms with E-state index in [1.54, 1.807) is 7.11 Å². The third-order valence-electron chi connectivity index (χ3n) is 7.54. The lowest BCUT2D eigenvalue weighted by atomic mass is 9.84. The van der Waals surface area contributed by atoms with Gasteiger partial charge in [0.05, 0.1) is 13.7 Å². The fourth-order valence-electron chi connectivity index (χ4n) is 5.22. The summed E-state index contributed by atoms with van der Waals surface area (Å²) in [6.07, 6.45) is 4.03. The molecule has 0 bridgehead atoms. The first-order chi connectivity index (χ1) is 22.0. The maximum absolute atomic E-state index is 14.3. The van der Waals surface area contributed by atoms with Gasteiger partial charge in [-0.25, -0.2) is 10.4 Å². The lowest BCUT2D eigenvalue weighted by Gasteiger charge is -2.30. The molecule has 8 heteroatoms. The molecule has 0 aromatic heterocycles. The number of aliphatic hydroxyl groups is 1. The number of carbonyl (C=O) groups is 1. The Bertz CT molecular complexity index is 1620. The first-order valence-electron chi connectivity index (χ1n) is 15.1. The molecule has 0 fully saturated rings. The third kappa shape index (κ3) is 7.98. The zero-order chi connectivity index (χ0) is 31.5. The number of benzene rings is 4. The van der Waals surface area contributed by atoms with Gasteiger partial charge in [-0.1, -0.05) is 84.4 Å². The van der Waals surface area contributed by atoms with Gasteiger partial charge in [-0.05, 0) is 60.0 Å². The predicted molar refractivity (Wildman–Crippen MR) is 176 cm³/mol. The Morgan fingerprint density at radius 1 is 0.978 bits per heavy atom. The van der Waals surface area contributed by atoms with Crippen molar-refractivity contribution in [3.05, 3.63) is 137 Å². The van der Waals surface area contributed by atoms with E-state index in [-0.39, 0.29) is 18.9 Å². The van der Waals surface area contributed by atoms with Gasteiger partial charge in [0, 0.05) is 31.6 Å². The lowest BCUT2D eigenvalue weighted by molar-refractivity contribution is -0.129. The molecule has 0 saturated carbocycles. The molecule has 45 heavy (non-hydrogen) atoms. The summed E-state index contributed by atoms with van der Waals surface area (Å²) in [7, 11) is 1.61. The van der Waals surface area contributed by atoms with Crippen LogP contribution in [-0.2, 0) is 16.1 Å². The minimum absolute atomic E-state index is 0.0666. The fraction of sp³-hybridized carbons (Fsp3) is 0.243. The second kappa shape index (κ2) is 15.2. The van der Waals surface area contributed by atoms with E-state index < -0.39 is 11.6 Å². The van der Waals surface area contributed by atoms with Gasteiger partial charge in [-0.2, -0.15) is 0 Å². The minimum atomic E-state index is -1.34. The van der Waals surface area contributed by atoms with Crippen LogP contribution in [0.2, 0.25) is 0 Å². The number of nitrogens with one attached hydrogen (secondary N) is 2. The van der Waals surface area contributed by atoms with Crippen LogP contribution < -0.4 is 20.3 Å². The van der Waals surface area contributed by atoms with Crippen LogP contribution in [0.1, 0.15) is 46.8 Å². The van der Waals surface area contributed by atoms with Crippen LogP contribution in [-0.4, -0.2) is 42.8 Å². The Labute approximate surface area is 264 Å². The van der Waals surface area contributed by atoms with Crippen LogP contribution in [0.5, 0.6) is 11.5 Å². The number of aryl methyl sites for hydroxylation is 1. The Kier molecular flexibility index (Phi) is 10.6. The van der Waals surface area contributed by atoms with Crippen molar-refractivity contribution in [1.29, 1.82) is 0 Å². The molecular formula is C37H39N3O5. The molecule has 232 valence electrons. The molecule has 0 radical (unpaired) electrons. The summed E-state index contributed by atoms with van der Waals surface area (Å²) in [5, 5.41) is 9.06. The number of ether oxygens (including phenoxy) is 3. The van der Waals surface area contributed by atoms with Crippen molar-refractivity contribution >= 4 is 17.9 Å². The summed E-state index contributed by atoms with van der Waals surface area (Å²) in [5.74, 6) is 1.36. The molecule has 0 saturated heterocycles. The van der Waals surface area contributed by atoms with Crippen LogP contribution in [0.4, 0.5) is 0 Å². The van der Waals surface area contributed by atoms with Crippen molar-refractivity contribution in [1.82, 2.24) is 10.9 Å². The van der Waals surface area contributed by atoms with Gasteiger partial charge in [-0.3, -0.25) is 10.2 Å². The summed E-state index contributed by atoms with van der Waals surface area (Å²) in [6, 6.07) is 33.0. The van der Waals surface area contributed by atoms with E-state index >= 15 is 0 Å². The van der Waals surface area contributed by atoms with Crippen LogP contribution in [0.15, 0.2) is 114 Å². The highest BCUT2D eigenvalue weighted by atomic mass is 16.5. The summed E-state index contributed by atoms with van der Waals surface area (Å²) in [4.78, 5) is 19.4. The highest BCUT2D eigenvalue weighted by Gasteiger charge is 2.52. The van der Waals surface area contributed by atoms with Crippen molar-refractivity contribution in [2.45, 2.75) is 38.0 Å². The molecule has 5 rings (SSSR count). The number of methoxy groups -OCH3 is 1. The Hall–Kier alpha value is -4.92. The molecular weight excluding hydrogens is 566 g/mol. The normalized spacial score (nSPS) is 17.5. The number of nitrogens with zero attached hydrogens (tertiary/aromatic N) is 1. The van der Waals surface area contributed by atoms with Crippen molar-refractivity contribution < 1.29 is 24.1 Å². The number of aliphatic imine (C=N–C) groups is 1. The van der Waals surface area contributed by atoms with Crippen molar-refractivity contribution in [2.24, 2.45) is 4.99 Å². The third-order valence-corrected chi connectivity index (χ3v) is 7.54. The maximum atomic E-state index is 14.3. The van der Waals surface area contributed by atoms with Crippen molar-refractivity contribution in [3.63, 3.8) is 0 Å². The zero-order valence-electron chi connectivity index (χ0n) is 25.6. The summed E-state index contributed by atoms with van der Waals surface area (Å²) < 4.78 is 17.8. The van der Waals surface area contributed by atoms with Gasteiger partial charge >= 0.3 is 0 Å². The molecule has 3 N–H and O–H groups in total. The van der Waals surface area contributed by atoms with E-state index in [1.807, 2.05) is 116 Å².